The summed E-state index contributed by atoms with van der Waals surface area (Å²) in [6.45, 7) is 1.60. The molecule has 0 bridgehead atoms. The Bertz CT molecular complexity index is 925. The zero-order valence-electron chi connectivity index (χ0n) is 14.9. The Hall–Kier alpha value is -2.87. The number of likely N-dealkylation sites (tertiary alicyclic amines) is 1. The number of benzene rings is 1. The number of carbonyl (C=O) groups is 1. The summed E-state index contributed by atoms with van der Waals surface area (Å²) in [4.78, 5) is 18.7. The van der Waals surface area contributed by atoms with Crippen LogP contribution >= 0.6 is 11.8 Å². The fourth-order valence-corrected chi connectivity index (χ4v) is 3.45. The molecule has 4 rings (SSSR count). The van der Waals surface area contributed by atoms with E-state index in [9.17, 15) is 4.79 Å². The summed E-state index contributed by atoms with van der Waals surface area (Å²) in [6, 6.07) is 13.4. The number of aromatic nitrogens is 4. The number of ether oxygens (including phenoxy) is 1. The molecule has 27 heavy (non-hydrogen) atoms. The van der Waals surface area contributed by atoms with Crippen LogP contribution in [-0.2, 0) is 6.61 Å². The summed E-state index contributed by atoms with van der Waals surface area (Å²) in [7, 11) is 0. The van der Waals surface area contributed by atoms with E-state index in [2.05, 4.69) is 15.3 Å². The summed E-state index contributed by atoms with van der Waals surface area (Å²) in [5.41, 5.74) is 1.42. The molecule has 8 heteroatoms. The van der Waals surface area contributed by atoms with Crippen molar-refractivity contribution in [3.8, 4) is 5.75 Å². The van der Waals surface area contributed by atoms with Gasteiger partial charge in [0, 0.05) is 19.3 Å². The topological polar surface area (TPSA) is 73.1 Å². The first-order valence-corrected chi connectivity index (χ1v) is 9.84. The van der Waals surface area contributed by atoms with E-state index >= 15 is 0 Å². The van der Waals surface area contributed by atoms with Crippen molar-refractivity contribution in [2.75, 3.05) is 19.3 Å². The number of hydrogen-bond acceptors (Lipinski definition) is 6. The molecule has 0 atom stereocenters. The molecule has 0 spiro atoms. The third-order valence-electron chi connectivity index (χ3n) is 4.41. The lowest BCUT2D eigenvalue weighted by Gasteiger charge is -2.39. The lowest BCUT2D eigenvalue weighted by Crippen LogP contribution is -2.51. The number of nitrogens with zero attached hydrogens (tertiary/aromatic N) is 5. The first kappa shape index (κ1) is 17.5. The van der Waals surface area contributed by atoms with Gasteiger partial charge in [-0.05, 0) is 30.5 Å². The highest BCUT2D eigenvalue weighted by Gasteiger charge is 2.34. The molecule has 3 aromatic rings. The van der Waals surface area contributed by atoms with Crippen LogP contribution in [0.1, 0.15) is 22.1 Å². The van der Waals surface area contributed by atoms with Gasteiger partial charge in [-0.15, -0.1) is 16.9 Å². The zero-order valence-corrected chi connectivity index (χ0v) is 15.7. The molecule has 138 valence electrons. The average molecular weight is 381 g/mol. The highest BCUT2D eigenvalue weighted by Crippen LogP contribution is 2.25. The van der Waals surface area contributed by atoms with Crippen LogP contribution in [0.25, 0.3) is 0 Å². The van der Waals surface area contributed by atoms with Gasteiger partial charge in [-0.25, -0.2) is 9.67 Å². The van der Waals surface area contributed by atoms with Crippen LogP contribution in [-0.4, -0.2) is 50.1 Å². The van der Waals surface area contributed by atoms with Gasteiger partial charge in [-0.1, -0.05) is 23.4 Å². The second-order valence-electron chi connectivity index (χ2n) is 6.22. The summed E-state index contributed by atoms with van der Waals surface area (Å²) in [6.07, 6.45) is 5.51. The number of carbonyl (C=O) groups excluding carboxylic acids is 1. The summed E-state index contributed by atoms with van der Waals surface area (Å²) in [5, 5.41) is 9.10. The number of para-hydroxylation sites is 1. The number of amides is 1. The Balaban J connectivity index is 1.33. The Morgan fingerprint density at radius 3 is 2.81 bits per heavy atom. The van der Waals surface area contributed by atoms with Gasteiger partial charge in [0.2, 0.25) is 0 Å². The number of thioether (sulfide) groups is 1. The van der Waals surface area contributed by atoms with Crippen molar-refractivity contribution in [2.24, 2.45) is 0 Å². The molecular weight excluding hydrogens is 362 g/mol. The van der Waals surface area contributed by atoms with Crippen LogP contribution in [0.5, 0.6) is 5.75 Å². The number of pyridine rings is 1. The third kappa shape index (κ3) is 3.80. The Kier molecular flexibility index (Phi) is 5.06. The summed E-state index contributed by atoms with van der Waals surface area (Å²) < 4.78 is 7.50. The van der Waals surface area contributed by atoms with Gasteiger partial charge < -0.3 is 9.64 Å². The molecule has 0 aliphatic carbocycles. The molecule has 1 aromatic carbocycles. The Labute approximate surface area is 161 Å². The largest absolute Gasteiger partial charge is 0.487 e. The minimum Gasteiger partial charge on any atom is -0.487 e. The zero-order chi connectivity index (χ0) is 18.6. The summed E-state index contributed by atoms with van der Waals surface area (Å²) in [5.74, 6) is 0.810. The van der Waals surface area contributed by atoms with Crippen molar-refractivity contribution in [1.29, 1.82) is 0 Å². The van der Waals surface area contributed by atoms with Crippen LogP contribution < -0.4 is 4.74 Å². The average Bonchev–Trinajstić information content (AvgIpc) is 3.14. The number of rotatable bonds is 6. The van der Waals surface area contributed by atoms with Gasteiger partial charge in [0.05, 0.1) is 17.8 Å². The maximum atomic E-state index is 12.7. The first-order chi connectivity index (χ1) is 13.2. The predicted molar refractivity (Wildman–Crippen MR) is 102 cm³/mol. The standard InChI is InChI=1S/C19H19N5O2S/c1-27-18-17(8-5-9-20-18)19(25)23-11-15(12-23)24-10-14(21-22-24)13-26-16-6-3-2-4-7-16/h2-10,15H,11-13H2,1H3. The third-order valence-corrected chi connectivity index (χ3v) is 5.12. The molecule has 3 heterocycles. The smallest absolute Gasteiger partial charge is 0.256 e. The van der Waals surface area contributed by atoms with Crippen LogP contribution in [0.15, 0.2) is 59.9 Å². The van der Waals surface area contributed by atoms with E-state index in [1.165, 1.54) is 11.8 Å². The monoisotopic (exact) mass is 381 g/mol. The van der Waals surface area contributed by atoms with Crippen molar-refractivity contribution < 1.29 is 9.53 Å². The van der Waals surface area contributed by atoms with Gasteiger partial charge in [0.25, 0.3) is 5.91 Å². The van der Waals surface area contributed by atoms with E-state index < -0.39 is 0 Å². The van der Waals surface area contributed by atoms with Gasteiger partial charge >= 0.3 is 0 Å². The van der Waals surface area contributed by atoms with E-state index in [0.29, 0.717) is 25.3 Å². The predicted octanol–water partition coefficient (Wildman–Crippen LogP) is 2.67. The van der Waals surface area contributed by atoms with Crippen LogP contribution in [0, 0.1) is 0 Å². The second-order valence-corrected chi connectivity index (χ2v) is 7.01. The van der Waals surface area contributed by atoms with Gasteiger partial charge in [0.15, 0.2) is 0 Å². The van der Waals surface area contributed by atoms with Crippen molar-refractivity contribution in [1.82, 2.24) is 24.9 Å². The molecular formula is C19H19N5O2S. The minimum absolute atomic E-state index is 0.0106. The van der Waals surface area contributed by atoms with Crippen molar-refractivity contribution >= 4 is 17.7 Å². The highest BCUT2D eigenvalue weighted by atomic mass is 32.2. The van der Waals surface area contributed by atoms with Gasteiger partial charge in [0.1, 0.15) is 23.1 Å². The summed E-state index contributed by atoms with van der Waals surface area (Å²) >= 11 is 1.48. The van der Waals surface area contributed by atoms with E-state index in [1.54, 1.807) is 12.3 Å². The lowest BCUT2D eigenvalue weighted by molar-refractivity contribution is 0.0494. The molecule has 0 N–H and O–H groups in total. The van der Waals surface area contributed by atoms with E-state index in [0.717, 1.165) is 16.5 Å². The fourth-order valence-electron chi connectivity index (χ4n) is 2.91. The van der Waals surface area contributed by atoms with Crippen molar-refractivity contribution in [3.05, 3.63) is 66.1 Å². The minimum atomic E-state index is 0.0106. The van der Waals surface area contributed by atoms with E-state index in [1.807, 2.05) is 58.4 Å². The first-order valence-electron chi connectivity index (χ1n) is 8.61. The Morgan fingerprint density at radius 2 is 2.04 bits per heavy atom. The molecule has 1 amide bonds. The molecule has 0 radical (unpaired) electrons. The molecule has 1 aliphatic heterocycles. The van der Waals surface area contributed by atoms with E-state index in [4.69, 9.17) is 4.74 Å². The molecule has 7 nitrogen and oxygen atoms in total. The maximum Gasteiger partial charge on any atom is 0.256 e. The SMILES string of the molecule is CSc1ncccc1C(=O)N1CC(n2cc(COc3ccccc3)nn2)C1. The van der Waals surface area contributed by atoms with Crippen LogP contribution in [0.2, 0.25) is 0 Å². The number of hydrogen-bond donors (Lipinski definition) is 0. The molecule has 0 saturated carbocycles. The molecule has 2 aromatic heterocycles. The molecule has 1 aliphatic rings. The molecule has 1 saturated heterocycles. The Morgan fingerprint density at radius 1 is 1.22 bits per heavy atom. The van der Waals surface area contributed by atoms with Crippen molar-refractivity contribution in [3.63, 3.8) is 0 Å². The van der Waals surface area contributed by atoms with Gasteiger partial charge in [-0.2, -0.15) is 0 Å². The van der Waals surface area contributed by atoms with Crippen molar-refractivity contribution in [2.45, 2.75) is 17.7 Å². The second kappa shape index (κ2) is 7.79. The molecule has 1 fully saturated rings. The fraction of sp³-hybridized carbons (Fsp3) is 0.263. The normalized spacial score (nSPS) is 14.0. The van der Waals surface area contributed by atoms with Crippen LogP contribution in [0.3, 0.4) is 0 Å². The quantitative estimate of drug-likeness (QED) is 0.611. The van der Waals surface area contributed by atoms with Crippen LogP contribution in [0.4, 0.5) is 0 Å². The highest BCUT2D eigenvalue weighted by molar-refractivity contribution is 7.98. The van der Waals surface area contributed by atoms with Gasteiger partial charge in [-0.3, -0.25) is 4.79 Å². The molecule has 0 unspecified atom stereocenters. The lowest BCUT2D eigenvalue weighted by atomic mass is 10.1. The maximum absolute atomic E-state index is 12.7. The van der Waals surface area contributed by atoms with E-state index in [-0.39, 0.29) is 11.9 Å².